The zero-order valence-corrected chi connectivity index (χ0v) is 16.0. The third-order valence-corrected chi connectivity index (χ3v) is 6.50. The molecule has 1 aliphatic heterocycles. The number of likely N-dealkylation sites (N-methyl/N-ethyl adjacent to an activating group) is 1. The quantitative estimate of drug-likeness (QED) is 0.591. The number of benzene rings is 1. The fourth-order valence-electron chi connectivity index (χ4n) is 2.96. The number of nitrogens with one attached hydrogen (secondary N) is 1. The molecule has 0 bridgehead atoms. The van der Waals surface area contributed by atoms with Gasteiger partial charge < -0.3 is 14.6 Å². The summed E-state index contributed by atoms with van der Waals surface area (Å²) in [5.74, 6) is 0.624. The fourth-order valence-corrected chi connectivity index (χ4v) is 4.41. The maximum Gasteiger partial charge on any atom is 0.293 e. The summed E-state index contributed by atoms with van der Waals surface area (Å²) in [6.45, 7) is 3.78. The van der Waals surface area contributed by atoms with E-state index in [4.69, 9.17) is 4.42 Å². The maximum absolute atomic E-state index is 12.8. The molecule has 0 amide bonds. The van der Waals surface area contributed by atoms with Gasteiger partial charge in [0.15, 0.2) is 0 Å². The molecule has 1 N–H and O–H groups in total. The summed E-state index contributed by atoms with van der Waals surface area (Å²) in [5.41, 5.74) is -0.0511. The zero-order chi connectivity index (χ0) is 19.6. The number of nitrogens with zero attached hydrogens (tertiary/aromatic N) is 3. The third kappa shape index (κ3) is 4.12. The van der Waals surface area contributed by atoms with Crippen molar-refractivity contribution in [1.29, 1.82) is 0 Å². The van der Waals surface area contributed by atoms with E-state index in [2.05, 4.69) is 5.32 Å². The lowest BCUT2D eigenvalue weighted by Crippen LogP contribution is -2.47. The van der Waals surface area contributed by atoms with Gasteiger partial charge in [0.25, 0.3) is 5.69 Å². The second kappa shape index (κ2) is 7.67. The monoisotopic (exact) mass is 394 g/mol. The van der Waals surface area contributed by atoms with Gasteiger partial charge in [-0.2, -0.15) is 4.31 Å². The van der Waals surface area contributed by atoms with Gasteiger partial charge in [0.1, 0.15) is 11.4 Å². The van der Waals surface area contributed by atoms with Crippen LogP contribution in [0.5, 0.6) is 0 Å². The van der Waals surface area contributed by atoms with Gasteiger partial charge in [-0.05, 0) is 38.2 Å². The minimum Gasteiger partial charge on any atom is -0.467 e. The Morgan fingerprint density at radius 2 is 1.93 bits per heavy atom. The summed E-state index contributed by atoms with van der Waals surface area (Å²) < 4.78 is 32.3. The Hall–Kier alpha value is -2.43. The molecule has 146 valence electrons. The van der Waals surface area contributed by atoms with Crippen LogP contribution in [0.2, 0.25) is 0 Å². The molecular weight excluding hydrogens is 372 g/mol. The summed E-state index contributed by atoms with van der Waals surface area (Å²) in [4.78, 5) is 12.9. The highest BCUT2D eigenvalue weighted by atomic mass is 32.2. The number of furan rings is 1. The number of hydrogen-bond donors (Lipinski definition) is 1. The molecule has 0 aliphatic carbocycles. The highest BCUT2D eigenvalue weighted by Gasteiger charge is 2.30. The van der Waals surface area contributed by atoms with E-state index < -0.39 is 14.9 Å². The molecular formula is C17H22N4O5S. The molecule has 3 rings (SSSR count). The van der Waals surface area contributed by atoms with Crippen LogP contribution in [0, 0.1) is 10.1 Å². The molecule has 1 aliphatic rings. The van der Waals surface area contributed by atoms with Crippen LogP contribution < -0.4 is 5.32 Å². The van der Waals surface area contributed by atoms with E-state index in [1.807, 2.05) is 11.9 Å². The molecule has 0 spiro atoms. The van der Waals surface area contributed by atoms with Gasteiger partial charge in [0.05, 0.1) is 22.1 Å². The summed E-state index contributed by atoms with van der Waals surface area (Å²) in [7, 11) is -1.85. The Bertz CT molecular complexity index is 905. The van der Waals surface area contributed by atoms with E-state index in [0.29, 0.717) is 31.9 Å². The third-order valence-electron chi connectivity index (χ3n) is 4.61. The summed E-state index contributed by atoms with van der Waals surface area (Å²) in [6, 6.07) is 7.13. The lowest BCUT2D eigenvalue weighted by atomic mass is 10.2. The van der Waals surface area contributed by atoms with Gasteiger partial charge in [0.2, 0.25) is 10.0 Å². The first-order valence-electron chi connectivity index (χ1n) is 8.56. The Kier molecular flexibility index (Phi) is 5.49. The van der Waals surface area contributed by atoms with Gasteiger partial charge in [-0.3, -0.25) is 10.1 Å². The van der Waals surface area contributed by atoms with Crippen LogP contribution in [0.1, 0.15) is 18.7 Å². The second-order valence-corrected chi connectivity index (χ2v) is 8.46. The predicted octanol–water partition coefficient (Wildman–Crippen LogP) is 2.30. The number of nitro benzene ring substituents is 1. The molecule has 1 atom stereocenters. The summed E-state index contributed by atoms with van der Waals surface area (Å²) in [6.07, 6.45) is 1.52. The van der Waals surface area contributed by atoms with Crippen molar-refractivity contribution in [3.8, 4) is 0 Å². The van der Waals surface area contributed by atoms with Crippen molar-refractivity contribution in [1.82, 2.24) is 9.21 Å². The zero-order valence-electron chi connectivity index (χ0n) is 15.2. The number of rotatable bonds is 6. The standard InChI is InChI=1S/C17H22N4O5S/c1-13(17-4-3-11-26-17)18-15-6-5-14(12-16(15)21(22)23)27(24,25)20-9-7-19(2)8-10-20/h3-6,11-13,18H,7-10H2,1-2H3/t13-/m0/s1. The molecule has 2 aromatic rings. The molecule has 2 heterocycles. The SMILES string of the molecule is C[C@H](Nc1ccc(S(=O)(=O)N2CCN(C)CC2)cc1[N+](=O)[O-])c1ccco1. The van der Waals surface area contributed by atoms with Crippen LogP contribution in [0.4, 0.5) is 11.4 Å². The lowest BCUT2D eigenvalue weighted by molar-refractivity contribution is -0.384. The molecule has 1 aromatic carbocycles. The molecule has 1 saturated heterocycles. The molecule has 9 nitrogen and oxygen atoms in total. The first-order chi connectivity index (χ1) is 12.8. The molecule has 10 heteroatoms. The fraction of sp³-hybridized carbons (Fsp3) is 0.412. The van der Waals surface area contributed by atoms with Crippen molar-refractivity contribution in [2.24, 2.45) is 0 Å². The lowest BCUT2D eigenvalue weighted by Gasteiger charge is -2.31. The van der Waals surface area contributed by atoms with Crippen LogP contribution in [-0.4, -0.2) is 55.8 Å². The van der Waals surface area contributed by atoms with Crippen LogP contribution >= 0.6 is 0 Å². The largest absolute Gasteiger partial charge is 0.467 e. The average molecular weight is 394 g/mol. The first kappa shape index (κ1) is 19.3. The Morgan fingerprint density at radius 1 is 1.22 bits per heavy atom. The minimum absolute atomic E-state index is 0.0741. The average Bonchev–Trinajstić information content (AvgIpc) is 3.17. The smallest absolute Gasteiger partial charge is 0.293 e. The van der Waals surface area contributed by atoms with Crippen molar-refractivity contribution >= 4 is 21.4 Å². The molecule has 0 radical (unpaired) electrons. The topological polar surface area (TPSA) is 109 Å². The van der Waals surface area contributed by atoms with E-state index in [1.165, 1.54) is 22.7 Å². The van der Waals surface area contributed by atoms with Gasteiger partial charge in [-0.25, -0.2) is 8.42 Å². The van der Waals surface area contributed by atoms with E-state index in [9.17, 15) is 18.5 Å². The van der Waals surface area contributed by atoms with E-state index in [-0.39, 0.29) is 22.3 Å². The van der Waals surface area contributed by atoms with Crippen molar-refractivity contribution in [3.05, 3.63) is 52.5 Å². The number of anilines is 1. The number of hydrogen-bond acceptors (Lipinski definition) is 7. The Balaban J connectivity index is 1.88. The second-order valence-electron chi connectivity index (χ2n) is 6.52. The van der Waals surface area contributed by atoms with Crippen molar-refractivity contribution in [2.45, 2.75) is 17.9 Å². The minimum atomic E-state index is -3.77. The Labute approximate surface area is 157 Å². The summed E-state index contributed by atoms with van der Waals surface area (Å²) >= 11 is 0. The highest BCUT2D eigenvalue weighted by molar-refractivity contribution is 7.89. The van der Waals surface area contributed by atoms with E-state index in [0.717, 1.165) is 6.07 Å². The molecule has 1 aromatic heterocycles. The van der Waals surface area contributed by atoms with Crippen LogP contribution in [0.25, 0.3) is 0 Å². The van der Waals surface area contributed by atoms with Crippen molar-refractivity contribution in [3.63, 3.8) is 0 Å². The van der Waals surface area contributed by atoms with Crippen molar-refractivity contribution < 1.29 is 17.8 Å². The van der Waals surface area contributed by atoms with Crippen LogP contribution in [-0.2, 0) is 10.0 Å². The van der Waals surface area contributed by atoms with Gasteiger partial charge in [-0.1, -0.05) is 0 Å². The molecule has 0 saturated carbocycles. The van der Waals surface area contributed by atoms with Crippen LogP contribution in [0.15, 0.2) is 45.9 Å². The van der Waals surface area contributed by atoms with Crippen LogP contribution in [0.3, 0.4) is 0 Å². The molecule has 1 fully saturated rings. The number of sulfonamides is 1. The van der Waals surface area contributed by atoms with E-state index in [1.54, 1.807) is 19.1 Å². The predicted molar refractivity (Wildman–Crippen MR) is 100 cm³/mol. The summed E-state index contributed by atoms with van der Waals surface area (Å²) in [5, 5.41) is 14.5. The Morgan fingerprint density at radius 3 is 2.52 bits per heavy atom. The van der Waals surface area contributed by atoms with Gasteiger partial charge in [0, 0.05) is 32.2 Å². The van der Waals surface area contributed by atoms with Crippen molar-refractivity contribution in [2.75, 3.05) is 38.5 Å². The first-order valence-corrected chi connectivity index (χ1v) is 10.00. The molecule has 0 unspecified atom stereocenters. The number of piperazine rings is 1. The normalized spacial score (nSPS) is 17.6. The van der Waals surface area contributed by atoms with E-state index >= 15 is 0 Å². The maximum atomic E-state index is 12.8. The highest BCUT2D eigenvalue weighted by Crippen LogP contribution is 2.32. The van der Waals surface area contributed by atoms with Gasteiger partial charge in [-0.15, -0.1) is 0 Å². The molecule has 27 heavy (non-hydrogen) atoms. The number of nitro groups is 1. The van der Waals surface area contributed by atoms with Gasteiger partial charge >= 0.3 is 0 Å².